The Hall–Kier alpha value is -1.61. The molecule has 0 saturated carbocycles. The van der Waals surface area contributed by atoms with Crippen molar-refractivity contribution in [2.75, 3.05) is 7.05 Å². The highest BCUT2D eigenvalue weighted by atomic mass is 19.1. The highest BCUT2D eigenvalue weighted by Crippen LogP contribution is 2.08. The Kier molecular flexibility index (Phi) is 4.16. The lowest BCUT2D eigenvalue weighted by Crippen LogP contribution is -2.18. The molecule has 2 aromatic rings. The Morgan fingerprint density at radius 1 is 1.00 bits per heavy atom. The number of nitrogens with zero attached hydrogens (tertiary/aromatic N) is 1. The number of benzene rings is 2. The molecule has 0 radical (unpaired) electrons. The van der Waals surface area contributed by atoms with E-state index < -0.39 is 0 Å². The molecule has 0 aliphatic carbocycles. The van der Waals surface area contributed by atoms with Gasteiger partial charge in [-0.25, -0.2) is 4.39 Å². The highest BCUT2D eigenvalue weighted by molar-refractivity contribution is 6.32. The van der Waals surface area contributed by atoms with Gasteiger partial charge in [0.1, 0.15) is 13.7 Å². The molecule has 0 unspecified atom stereocenters. The van der Waals surface area contributed by atoms with E-state index in [0.29, 0.717) is 5.46 Å². The minimum absolute atomic E-state index is 0.124. The second-order valence-corrected chi connectivity index (χ2v) is 4.74. The van der Waals surface area contributed by atoms with Gasteiger partial charge in [-0.1, -0.05) is 47.9 Å². The molecule has 0 aromatic heterocycles. The van der Waals surface area contributed by atoms with Crippen molar-refractivity contribution in [3.8, 4) is 0 Å². The minimum Gasteiger partial charge on any atom is -0.298 e. The summed E-state index contributed by atoms with van der Waals surface area (Å²) >= 11 is 0. The van der Waals surface area contributed by atoms with Crippen molar-refractivity contribution in [3.63, 3.8) is 0 Å². The van der Waals surface area contributed by atoms with Crippen LogP contribution in [0.25, 0.3) is 0 Å². The summed E-state index contributed by atoms with van der Waals surface area (Å²) in [6.07, 6.45) is 0. The first-order valence-corrected chi connectivity index (χ1v) is 6.12. The Morgan fingerprint density at radius 3 is 2.33 bits per heavy atom. The maximum Gasteiger partial charge on any atom is 0.143 e. The van der Waals surface area contributed by atoms with Gasteiger partial charge in [0.2, 0.25) is 0 Å². The molecule has 0 N–H and O–H groups in total. The zero-order chi connectivity index (χ0) is 13.0. The van der Waals surface area contributed by atoms with E-state index in [-0.39, 0.29) is 5.82 Å². The summed E-state index contributed by atoms with van der Waals surface area (Å²) in [6, 6.07) is 15.7. The van der Waals surface area contributed by atoms with Crippen LogP contribution >= 0.6 is 0 Å². The molecule has 0 spiro atoms. The zero-order valence-electron chi connectivity index (χ0n) is 10.9. The normalized spacial score (nSPS) is 10.8. The fourth-order valence-electron chi connectivity index (χ4n) is 2.00. The molecule has 3 heteroatoms. The molecule has 2 aromatic carbocycles. The fraction of sp³-hybridized carbons (Fsp3) is 0.200. The van der Waals surface area contributed by atoms with Crippen LogP contribution in [0.5, 0.6) is 0 Å². The van der Waals surface area contributed by atoms with Crippen LogP contribution in [0.1, 0.15) is 11.1 Å². The van der Waals surface area contributed by atoms with Gasteiger partial charge >= 0.3 is 0 Å². The topological polar surface area (TPSA) is 3.24 Å². The van der Waals surface area contributed by atoms with Crippen molar-refractivity contribution in [1.29, 1.82) is 0 Å². The van der Waals surface area contributed by atoms with Crippen molar-refractivity contribution >= 4 is 13.3 Å². The summed E-state index contributed by atoms with van der Waals surface area (Å²) in [7, 11) is 3.83. The Balaban J connectivity index is 1.99. The van der Waals surface area contributed by atoms with Crippen molar-refractivity contribution in [3.05, 3.63) is 65.5 Å². The first-order valence-electron chi connectivity index (χ1n) is 6.12. The van der Waals surface area contributed by atoms with Crippen molar-refractivity contribution in [2.45, 2.75) is 13.1 Å². The molecule has 0 atom stereocenters. The van der Waals surface area contributed by atoms with Gasteiger partial charge in [-0.15, -0.1) is 0 Å². The molecule has 0 fully saturated rings. The van der Waals surface area contributed by atoms with Crippen molar-refractivity contribution in [1.82, 2.24) is 4.90 Å². The van der Waals surface area contributed by atoms with Crippen LogP contribution in [0.4, 0.5) is 4.39 Å². The van der Waals surface area contributed by atoms with Gasteiger partial charge in [-0.2, -0.15) is 0 Å². The molecule has 0 bridgehead atoms. The molecule has 0 aliphatic rings. The first-order chi connectivity index (χ1) is 8.65. The predicted octanol–water partition coefficient (Wildman–Crippen LogP) is 1.72. The average Bonchev–Trinajstić information content (AvgIpc) is 2.35. The maximum absolute atomic E-state index is 13.4. The third-order valence-electron chi connectivity index (χ3n) is 2.98. The number of rotatable bonds is 4. The standard InChI is InChI=1S/C15H17BFN/c1-18(10-12-5-3-2-4-6-12)11-13-7-8-14(16)15(17)9-13/h2-9H,10-11,16H2,1H3. The highest BCUT2D eigenvalue weighted by Gasteiger charge is 2.04. The van der Waals surface area contributed by atoms with E-state index in [1.807, 2.05) is 37.4 Å². The van der Waals surface area contributed by atoms with E-state index in [2.05, 4.69) is 17.0 Å². The van der Waals surface area contributed by atoms with Gasteiger partial charge in [0.25, 0.3) is 0 Å². The Bertz CT molecular complexity index is 513. The molecule has 0 saturated heterocycles. The van der Waals surface area contributed by atoms with Gasteiger partial charge in [0, 0.05) is 13.1 Å². The first kappa shape index (κ1) is 12.8. The van der Waals surface area contributed by atoms with Gasteiger partial charge in [0.15, 0.2) is 0 Å². The third kappa shape index (κ3) is 3.44. The number of halogens is 1. The summed E-state index contributed by atoms with van der Waals surface area (Å²) < 4.78 is 13.4. The average molecular weight is 241 g/mol. The van der Waals surface area contributed by atoms with Crippen LogP contribution in [-0.2, 0) is 13.1 Å². The van der Waals surface area contributed by atoms with Crippen LogP contribution in [-0.4, -0.2) is 19.8 Å². The van der Waals surface area contributed by atoms with Crippen LogP contribution in [0.15, 0.2) is 48.5 Å². The van der Waals surface area contributed by atoms with E-state index in [0.717, 1.165) is 18.7 Å². The van der Waals surface area contributed by atoms with E-state index >= 15 is 0 Å². The minimum atomic E-state index is -0.124. The second-order valence-electron chi connectivity index (χ2n) is 4.74. The summed E-state index contributed by atoms with van der Waals surface area (Å²) in [4.78, 5) is 2.18. The Labute approximate surface area is 109 Å². The summed E-state index contributed by atoms with van der Waals surface area (Å²) in [6.45, 7) is 1.63. The molecule has 0 amide bonds. The van der Waals surface area contributed by atoms with Gasteiger partial charge < -0.3 is 0 Å². The molecular weight excluding hydrogens is 224 g/mol. The predicted molar refractivity (Wildman–Crippen MR) is 76.2 cm³/mol. The molecule has 1 nitrogen and oxygen atoms in total. The molecular formula is C15H17BFN. The van der Waals surface area contributed by atoms with Crippen LogP contribution < -0.4 is 5.46 Å². The SMILES string of the molecule is Bc1ccc(CN(C)Cc2ccccc2)cc1F. The van der Waals surface area contributed by atoms with E-state index in [1.54, 1.807) is 13.9 Å². The lowest BCUT2D eigenvalue weighted by molar-refractivity contribution is 0.318. The van der Waals surface area contributed by atoms with Crippen LogP contribution in [0.3, 0.4) is 0 Å². The molecule has 0 heterocycles. The number of hydrogen-bond acceptors (Lipinski definition) is 1. The molecule has 0 aliphatic heterocycles. The smallest absolute Gasteiger partial charge is 0.143 e. The molecule has 18 heavy (non-hydrogen) atoms. The third-order valence-corrected chi connectivity index (χ3v) is 2.98. The van der Waals surface area contributed by atoms with E-state index in [4.69, 9.17) is 0 Å². The molecule has 2 rings (SSSR count). The lowest BCUT2D eigenvalue weighted by atomic mass is 9.94. The Morgan fingerprint density at radius 2 is 1.67 bits per heavy atom. The second kappa shape index (κ2) is 5.83. The van der Waals surface area contributed by atoms with Crippen molar-refractivity contribution < 1.29 is 4.39 Å². The summed E-state index contributed by atoms with van der Waals surface area (Å²) in [5.41, 5.74) is 2.98. The van der Waals surface area contributed by atoms with Crippen LogP contribution in [0.2, 0.25) is 0 Å². The summed E-state index contributed by atoms with van der Waals surface area (Å²) in [5, 5.41) is 0. The maximum atomic E-state index is 13.4. The summed E-state index contributed by atoms with van der Waals surface area (Å²) in [5.74, 6) is -0.124. The largest absolute Gasteiger partial charge is 0.298 e. The zero-order valence-corrected chi connectivity index (χ0v) is 10.9. The van der Waals surface area contributed by atoms with Crippen molar-refractivity contribution in [2.24, 2.45) is 0 Å². The van der Waals surface area contributed by atoms with E-state index in [9.17, 15) is 4.39 Å². The molecule has 92 valence electrons. The fourth-order valence-corrected chi connectivity index (χ4v) is 2.00. The monoisotopic (exact) mass is 241 g/mol. The van der Waals surface area contributed by atoms with Gasteiger partial charge in [-0.3, -0.25) is 4.90 Å². The van der Waals surface area contributed by atoms with Gasteiger partial charge in [0.05, 0.1) is 0 Å². The quantitative estimate of drug-likeness (QED) is 0.736. The number of hydrogen-bond donors (Lipinski definition) is 0. The van der Waals surface area contributed by atoms with E-state index in [1.165, 1.54) is 5.56 Å². The lowest BCUT2D eigenvalue weighted by Gasteiger charge is -2.17. The van der Waals surface area contributed by atoms with Crippen LogP contribution in [0, 0.1) is 5.82 Å². The van der Waals surface area contributed by atoms with Gasteiger partial charge in [-0.05, 0) is 24.2 Å².